The number of fused-ring (bicyclic) bond motifs is 1. The summed E-state index contributed by atoms with van der Waals surface area (Å²) in [7, 11) is -3.81. The zero-order valence-electron chi connectivity index (χ0n) is 13.0. The summed E-state index contributed by atoms with van der Waals surface area (Å²) in [6.07, 6.45) is -0.983. The molecule has 0 aliphatic heterocycles. The molecule has 1 atom stereocenters. The van der Waals surface area contributed by atoms with Gasteiger partial charge in [-0.25, -0.2) is 13.1 Å². The van der Waals surface area contributed by atoms with E-state index in [1.807, 2.05) is 36.4 Å². The lowest BCUT2D eigenvalue weighted by atomic mass is 10.0. The number of aliphatic hydroxyl groups excluding tert-OH is 1. The first-order valence-electron chi connectivity index (χ1n) is 7.49. The van der Waals surface area contributed by atoms with Gasteiger partial charge in [0.1, 0.15) is 0 Å². The molecule has 0 aliphatic rings. The van der Waals surface area contributed by atoms with Gasteiger partial charge >= 0.3 is 0 Å². The molecule has 3 aromatic rings. The summed E-state index contributed by atoms with van der Waals surface area (Å²) < 4.78 is 27.1. The van der Waals surface area contributed by atoms with E-state index in [1.54, 1.807) is 6.07 Å². The predicted molar refractivity (Wildman–Crippen MR) is 101 cm³/mol. The van der Waals surface area contributed by atoms with Gasteiger partial charge in [0.2, 0.25) is 10.0 Å². The van der Waals surface area contributed by atoms with Crippen molar-refractivity contribution in [2.75, 3.05) is 6.54 Å². The van der Waals surface area contributed by atoms with E-state index in [0.29, 0.717) is 5.56 Å². The summed E-state index contributed by atoms with van der Waals surface area (Å²) in [4.78, 5) is -0.00739. The quantitative estimate of drug-likeness (QED) is 0.681. The summed E-state index contributed by atoms with van der Waals surface area (Å²) in [6.45, 7) is -0.156. The van der Waals surface area contributed by atoms with Gasteiger partial charge in [-0.2, -0.15) is 0 Å². The minimum absolute atomic E-state index is 0.00739. The second-order valence-corrected chi connectivity index (χ2v) is 8.09. The van der Waals surface area contributed by atoms with Crippen LogP contribution in [0.1, 0.15) is 11.7 Å². The molecule has 0 aromatic heterocycles. The van der Waals surface area contributed by atoms with Crippen LogP contribution in [-0.4, -0.2) is 20.1 Å². The Hall–Kier alpha value is -1.63. The predicted octanol–water partition coefficient (Wildman–Crippen LogP) is 4.16. The van der Waals surface area contributed by atoms with E-state index in [9.17, 15) is 13.5 Å². The molecule has 0 heterocycles. The fraction of sp³-hybridized carbons (Fsp3) is 0.111. The van der Waals surface area contributed by atoms with Gasteiger partial charge in [0, 0.05) is 6.54 Å². The molecule has 7 heteroatoms. The molecule has 2 N–H and O–H groups in total. The maximum atomic E-state index is 12.4. The monoisotopic (exact) mass is 395 g/mol. The average Bonchev–Trinajstić information content (AvgIpc) is 2.61. The fourth-order valence-electron chi connectivity index (χ4n) is 2.57. The Kier molecular flexibility index (Phi) is 5.32. The van der Waals surface area contributed by atoms with Gasteiger partial charge in [0.25, 0.3) is 0 Å². The van der Waals surface area contributed by atoms with Crippen LogP contribution < -0.4 is 4.72 Å². The molecule has 130 valence electrons. The van der Waals surface area contributed by atoms with Gasteiger partial charge in [0.15, 0.2) is 0 Å². The molecule has 0 aliphatic carbocycles. The normalized spacial score (nSPS) is 13.1. The van der Waals surface area contributed by atoms with E-state index in [0.717, 1.165) is 10.8 Å². The summed E-state index contributed by atoms with van der Waals surface area (Å²) in [5, 5.41) is 12.7. The van der Waals surface area contributed by atoms with Crippen molar-refractivity contribution in [3.05, 3.63) is 76.3 Å². The largest absolute Gasteiger partial charge is 0.387 e. The van der Waals surface area contributed by atoms with Crippen LogP contribution in [0.15, 0.2) is 65.6 Å². The van der Waals surface area contributed by atoms with Crippen LogP contribution in [-0.2, 0) is 10.0 Å². The first kappa shape index (κ1) is 18.2. The zero-order valence-corrected chi connectivity index (χ0v) is 15.3. The number of benzene rings is 3. The smallest absolute Gasteiger partial charge is 0.240 e. The molecular weight excluding hydrogens is 381 g/mol. The molecule has 0 bridgehead atoms. The number of hydrogen-bond donors (Lipinski definition) is 2. The molecule has 0 saturated heterocycles. The van der Waals surface area contributed by atoms with Gasteiger partial charge in [-0.3, -0.25) is 0 Å². The van der Waals surface area contributed by atoms with Crippen LogP contribution in [0.4, 0.5) is 0 Å². The number of nitrogens with one attached hydrogen (secondary N) is 1. The number of aliphatic hydroxyl groups is 1. The first-order chi connectivity index (χ1) is 11.9. The van der Waals surface area contributed by atoms with E-state index in [2.05, 4.69) is 4.72 Å². The Balaban J connectivity index is 1.81. The third-order valence-corrected chi connectivity index (χ3v) is 6.01. The maximum Gasteiger partial charge on any atom is 0.240 e. The van der Waals surface area contributed by atoms with Crippen molar-refractivity contribution in [2.45, 2.75) is 11.0 Å². The topological polar surface area (TPSA) is 66.4 Å². The highest BCUT2D eigenvalue weighted by atomic mass is 35.5. The third kappa shape index (κ3) is 3.97. The van der Waals surface area contributed by atoms with Crippen molar-refractivity contribution >= 4 is 44.0 Å². The molecule has 0 amide bonds. The number of sulfonamides is 1. The lowest BCUT2D eigenvalue weighted by molar-refractivity contribution is 0.183. The molecule has 0 spiro atoms. The second kappa shape index (κ2) is 7.32. The molecule has 0 fully saturated rings. The van der Waals surface area contributed by atoms with E-state index in [1.165, 1.54) is 18.2 Å². The van der Waals surface area contributed by atoms with E-state index in [4.69, 9.17) is 23.2 Å². The number of hydrogen-bond acceptors (Lipinski definition) is 3. The van der Waals surface area contributed by atoms with Crippen molar-refractivity contribution in [1.29, 1.82) is 0 Å². The Morgan fingerprint density at radius 1 is 0.960 bits per heavy atom. The maximum absolute atomic E-state index is 12.4. The number of halogens is 2. The lowest BCUT2D eigenvalue weighted by Crippen LogP contribution is -2.28. The fourth-order valence-corrected chi connectivity index (χ4v) is 3.99. The lowest BCUT2D eigenvalue weighted by Gasteiger charge is -2.15. The molecule has 25 heavy (non-hydrogen) atoms. The standard InChI is InChI=1S/C18H15Cl2NO3S/c19-16-9-8-13(10-17(16)20)25(23,24)21-11-18(22)15-7-3-5-12-4-1-2-6-14(12)15/h1-10,18,21-22H,11H2. The highest BCUT2D eigenvalue weighted by Crippen LogP contribution is 2.26. The average molecular weight is 396 g/mol. The third-order valence-electron chi connectivity index (χ3n) is 3.85. The van der Waals surface area contributed by atoms with E-state index < -0.39 is 16.1 Å². The molecule has 0 saturated carbocycles. The Bertz CT molecular complexity index is 1020. The summed E-state index contributed by atoms with van der Waals surface area (Å²) in [6, 6.07) is 17.2. The van der Waals surface area contributed by atoms with Crippen molar-refractivity contribution in [3.63, 3.8) is 0 Å². The zero-order chi connectivity index (χ0) is 18.0. The van der Waals surface area contributed by atoms with Crippen LogP contribution in [0.25, 0.3) is 10.8 Å². The highest BCUT2D eigenvalue weighted by Gasteiger charge is 2.18. The van der Waals surface area contributed by atoms with Crippen LogP contribution in [0.3, 0.4) is 0 Å². The minimum atomic E-state index is -3.81. The second-order valence-electron chi connectivity index (χ2n) is 5.51. The van der Waals surface area contributed by atoms with Crippen molar-refractivity contribution in [3.8, 4) is 0 Å². The highest BCUT2D eigenvalue weighted by molar-refractivity contribution is 7.89. The van der Waals surface area contributed by atoms with Crippen molar-refractivity contribution < 1.29 is 13.5 Å². The van der Waals surface area contributed by atoms with Crippen LogP contribution in [0, 0.1) is 0 Å². The first-order valence-corrected chi connectivity index (χ1v) is 9.73. The molecular formula is C18H15Cl2NO3S. The summed E-state index contributed by atoms with van der Waals surface area (Å²) in [5.74, 6) is 0. The summed E-state index contributed by atoms with van der Waals surface area (Å²) >= 11 is 11.7. The van der Waals surface area contributed by atoms with Crippen LogP contribution in [0.2, 0.25) is 10.0 Å². The SMILES string of the molecule is O=S(=O)(NCC(O)c1cccc2ccccc12)c1ccc(Cl)c(Cl)c1. The molecule has 3 rings (SSSR count). The minimum Gasteiger partial charge on any atom is -0.387 e. The molecule has 3 aromatic carbocycles. The molecule has 0 radical (unpaired) electrons. The van der Waals surface area contributed by atoms with Crippen LogP contribution >= 0.6 is 23.2 Å². The van der Waals surface area contributed by atoms with Crippen molar-refractivity contribution in [1.82, 2.24) is 4.72 Å². The Morgan fingerprint density at radius 2 is 1.68 bits per heavy atom. The van der Waals surface area contributed by atoms with Gasteiger partial charge < -0.3 is 5.11 Å². The van der Waals surface area contributed by atoms with E-state index in [-0.39, 0.29) is 21.5 Å². The van der Waals surface area contributed by atoms with Gasteiger partial charge in [-0.1, -0.05) is 65.7 Å². The Labute approximate surface area is 156 Å². The Morgan fingerprint density at radius 3 is 2.44 bits per heavy atom. The van der Waals surface area contributed by atoms with E-state index >= 15 is 0 Å². The van der Waals surface area contributed by atoms with Gasteiger partial charge in [-0.15, -0.1) is 0 Å². The van der Waals surface area contributed by atoms with Crippen LogP contribution in [0.5, 0.6) is 0 Å². The number of rotatable bonds is 5. The van der Waals surface area contributed by atoms with Gasteiger partial charge in [0.05, 0.1) is 21.0 Å². The molecule has 1 unspecified atom stereocenters. The molecule has 4 nitrogen and oxygen atoms in total. The summed E-state index contributed by atoms with van der Waals surface area (Å²) in [5.41, 5.74) is 0.662. The van der Waals surface area contributed by atoms with Crippen molar-refractivity contribution in [2.24, 2.45) is 0 Å². The van der Waals surface area contributed by atoms with Gasteiger partial charge in [-0.05, 0) is 34.5 Å².